The van der Waals surface area contributed by atoms with Gasteiger partial charge in [0.1, 0.15) is 0 Å². The number of hydrogen-bond acceptors (Lipinski definition) is 6. The minimum Gasteiger partial charge on any atom is -0.453 e. The van der Waals surface area contributed by atoms with Crippen molar-refractivity contribution in [2.45, 2.75) is 43.6 Å². The number of benzene rings is 2. The van der Waals surface area contributed by atoms with E-state index in [0.29, 0.717) is 11.5 Å². The molecule has 2 aliphatic heterocycles. The monoisotopic (exact) mass is 511 g/mol. The van der Waals surface area contributed by atoms with Gasteiger partial charge in [-0.05, 0) is 74.5 Å². The Bertz CT molecular complexity index is 1170. The molecule has 1 amide bonds. The molecule has 2 aromatic rings. The quantitative estimate of drug-likeness (QED) is 0.580. The smallest absolute Gasteiger partial charge is 0.407 e. The number of carbonyl (C=O) groups is 1. The number of nitriles is 2. The van der Waals surface area contributed by atoms with Crippen LogP contribution in [0.3, 0.4) is 0 Å². The first-order valence-corrected chi connectivity index (χ1v) is 13.9. The van der Waals surface area contributed by atoms with E-state index < -0.39 is 11.5 Å². The summed E-state index contributed by atoms with van der Waals surface area (Å²) in [7, 11) is 1.40. The molecule has 0 aromatic heterocycles. The third kappa shape index (κ3) is 5.08. The lowest BCUT2D eigenvalue weighted by Gasteiger charge is -2.48. The molecule has 7 nitrogen and oxygen atoms in total. The number of likely N-dealkylation sites (tertiary alicyclic amines) is 1. The van der Waals surface area contributed by atoms with Crippen LogP contribution in [0.4, 0.5) is 10.5 Å². The Kier molecular flexibility index (Phi) is 7.86. The van der Waals surface area contributed by atoms with E-state index in [9.17, 15) is 10.1 Å². The van der Waals surface area contributed by atoms with Crippen molar-refractivity contribution < 1.29 is 9.53 Å². The van der Waals surface area contributed by atoms with Gasteiger partial charge in [-0.15, -0.1) is 0 Å². The number of nitrogens with one attached hydrogen (secondary N) is 1. The standard InChI is InChI=1S/C31H37N5O2/c1-38-30(37)34-29-9-5-8-28(29)31(22-33,25-6-3-2-4-7-25)26-14-16-35(17-15-26)19-24-20-36(21-24)27-12-10-23(18-32)11-13-27/h2-4,6-7,10-13,24,26,28-29H,5,8-9,14-17,19-21H2,1H3,(H,34,37)/t28-,29-,31-/m1/s1. The highest BCUT2D eigenvalue weighted by atomic mass is 16.5. The van der Waals surface area contributed by atoms with E-state index in [-0.39, 0.29) is 17.9 Å². The molecule has 2 saturated heterocycles. The number of methoxy groups -OCH3 is 1. The maximum atomic E-state index is 12.1. The maximum Gasteiger partial charge on any atom is 0.407 e. The van der Waals surface area contributed by atoms with Crippen LogP contribution in [0.5, 0.6) is 0 Å². The van der Waals surface area contributed by atoms with E-state index in [2.05, 4.69) is 39.4 Å². The van der Waals surface area contributed by atoms with Crippen molar-refractivity contribution >= 4 is 11.8 Å². The van der Waals surface area contributed by atoms with Crippen LogP contribution in [-0.4, -0.2) is 56.9 Å². The fourth-order valence-electron chi connectivity index (χ4n) is 7.17. The minimum atomic E-state index is -0.627. The lowest BCUT2D eigenvalue weighted by Crippen LogP contribution is -2.55. The summed E-state index contributed by atoms with van der Waals surface area (Å²) < 4.78 is 4.92. The van der Waals surface area contributed by atoms with E-state index in [4.69, 9.17) is 10.00 Å². The third-order valence-corrected chi connectivity index (χ3v) is 9.09. The highest BCUT2D eigenvalue weighted by molar-refractivity contribution is 5.67. The normalized spacial score (nSPS) is 24.0. The number of nitrogens with zero attached hydrogens (tertiary/aromatic N) is 4. The molecular formula is C31H37N5O2. The van der Waals surface area contributed by atoms with Gasteiger partial charge in [-0.25, -0.2) is 4.79 Å². The molecule has 1 aliphatic carbocycles. The van der Waals surface area contributed by atoms with Gasteiger partial charge in [0.15, 0.2) is 0 Å². The Morgan fingerprint density at radius 2 is 1.74 bits per heavy atom. The lowest BCUT2D eigenvalue weighted by atomic mass is 9.59. The van der Waals surface area contributed by atoms with Crippen molar-refractivity contribution in [2.75, 3.05) is 44.7 Å². The van der Waals surface area contributed by atoms with E-state index in [1.54, 1.807) is 0 Å². The van der Waals surface area contributed by atoms with E-state index in [1.165, 1.54) is 12.8 Å². The zero-order chi connectivity index (χ0) is 26.5. The molecule has 0 unspecified atom stereocenters. The molecule has 3 aliphatic rings. The van der Waals surface area contributed by atoms with Crippen molar-refractivity contribution in [1.82, 2.24) is 10.2 Å². The Hall–Kier alpha value is -3.55. The number of alkyl carbamates (subject to hydrolysis) is 1. The second kappa shape index (κ2) is 11.5. The van der Waals surface area contributed by atoms with Gasteiger partial charge in [0.25, 0.3) is 0 Å². The summed E-state index contributed by atoms with van der Waals surface area (Å²) in [4.78, 5) is 17.1. The highest BCUT2D eigenvalue weighted by Gasteiger charge is 2.52. The predicted molar refractivity (Wildman–Crippen MR) is 146 cm³/mol. The minimum absolute atomic E-state index is 0.0523. The second-order valence-corrected chi connectivity index (χ2v) is 11.1. The molecule has 3 atom stereocenters. The molecule has 3 fully saturated rings. The average molecular weight is 512 g/mol. The number of anilines is 1. The first-order chi connectivity index (χ1) is 18.6. The van der Waals surface area contributed by atoms with Crippen LogP contribution >= 0.6 is 0 Å². The van der Waals surface area contributed by atoms with E-state index >= 15 is 0 Å². The molecular weight excluding hydrogens is 474 g/mol. The molecule has 38 heavy (non-hydrogen) atoms. The van der Waals surface area contributed by atoms with Gasteiger partial charge in [-0.2, -0.15) is 10.5 Å². The van der Waals surface area contributed by atoms with Crippen LogP contribution in [0.1, 0.15) is 43.2 Å². The summed E-state index contributed by atoms with van der Waals surface area (Å²) in [5, 5.41) is 22.9. The molecule has 1 N–H and O–H groups in total. The number of rotatable bonds is 7. The fraction of sp³-hybridized carbons (Fsp3) is 0.516. The average Bonchev–Trinajstić information content (AvgIpc) is 3.41. The SMILES string of the molecule is COC(=O)N[C@@H]1CCC[C@H]1[C@](C#N)(c1ccccc1)C1CCN(CC2CN(c3ccc(C#N)cc3)C2)CC1. The van der Waals surface area contributed by atoms with Crippen LogP contribution < -0.4 is 10.2 Å². The Balaban J connectivity index is 1.24. The van der Waals surface area contributed by atoms with Crippen LogP contribution in [0.25, 0.3) is 0 Å². The van der Waals surface area contributed by atoms with Crippen LogP contribution in [0.2, 0.25) is 0 Å². The van der Waals surface area contributed by atoms with Gasteiger partial charge in [-0.3, -0.25) is 0 Å². The summed E-state index contributed by atoms with van der Waals surface area (Å²) in [6.07, 6.45) is 4.38. The van der Waals surface area contributed by atoms with Crippen LogP contribution in [-0.2, 0) is 10.2 Å². The highest BCUT2D eigenvalue weighted by Crippen LogP contribution is 2.50. The topological polar surface area (TPSA) is 92.4 Å². The summed E-state index contributed by atoms with van der Waals surface area (Å²) in [6.45, 7) is 5.16. The summed E-state index contributed by atoms with van der Waals surface area (Å²) in [5.74, 6) is 0.950. The van der Waals surface area contributed by atoms with Crippen molar-refractivity contribution in [3.05, 3.63) is 65.7 Å². The van der Waals surface area contributed by atoms with E-state index in [0.717, 1.165) is 70.4 Å². The zero-order valence-electron chi connectivity index (χ0n) is 22.2. The molecule has 7 heteroatoms. The molecule has 198 valence electrons. The van der Waals surface area contributed by atoms with E-state index in [1.807, 2.05) is 42.5 Å². The van der Waals surface area contributed by atoms with Crippen LogP contribution in [0, 0.1) is 40.4 Å². The van der Waals surface area contributed by atoms with Crippen molar-refractivity contribution in [3.8, 4) is 12.1 Å². The first-order valence-electron chi connectivity index (χ1n) is 13.9. The molecule has 0 radical (unpaired) electrons. The second-order valence-electron chi connectivity index (χ2n) is 11.1. The number of carbonyl (C=O) groups excluding carboxylic acids is 1. The summed E-state index contributed by atoms with van der Waals surface area (Å²) in [6, 6.07) is 23.1. The number of amides is 1. The predicted octanol–water partition coefficient (Wildman–Crippen LogP) is 4.69. The Morgan fingerprint density at radius 1 is 1.03 bits per heavy atom. The van der Waals surface area contributed by atoms with Gasteiger partial charge >= 0.3 is 6.09 Å². The number of ether oxygens (including phenoxy) is 1. The largest absolute Gasteiger partial charge is 0.453 e. The van der Waals surface area contributed by atoms with Crippen molar-refractivity contribution in [3.63, 3.8) is 0 Å². The molecule has 2 heterocycles. The number of hydrogen-bond donors (Lipinski definition) is 1. The molecule has 2 aromatic carbocycles. The fourth-order valence-corrected chi connectivity index (χ4v) is 7.17. The van der Waals surface area contributed by atoms with Gasteiger partial charge < -0.3 is 19.9 Å². The zero-order valence-corrected chi connectivity index (χ0v) is 22.2. The summed E-state index contributed by atoms with van der Waals surface area (Å²) >= 11 is 0. The summed E-state index contributed by atoms with van der Waals surface area (Å²) in [5.41, 5.74) is 2.34. The molecule has 0 bridgehead atoms. The maximum absolute atomic E-state index is 12.1. The van der Waals surface area contributed by atoms with Crippen molar-refractivity contribution in [1.29, 1.82) is 10.5 Å². The Morgan fingerprint density at radius 3 is 2.37 bits per heavy atom. The van der Waals surface area contributed by atoms with Crippen molar-refractivity contribution in [2.24, 2.45) is 17.8 Å². The third-order valence-electron chi connectivity index (χ3n) is 9.09. The van der Waals surface area contributed by atoms with Crippen LogP contribution in [0.15, 0.2) is 54.6 Å². The van der Waals surface area contributed by atoms with Gasteiger partial charge in [-0.1, -0.05) is 36.8 Å². The first kappa shape index (κ1) is 26.1. The Labute approximate surface area is 226 Å². The molecule has 5 rings (SSSR count). The molecule has 1 saturated carbocycles. The van der Waals surface area contributed by atoms with Gasteiger partial charge in [0.2, 0.25) is 0 Å². The van der Waals surface area contributed by atoms with Gasteiger partial charge in [0.05, 0.1) is 30.2 Å². The molecule has 0 spiro atoms. The lowest BCUT2D eigenvalue weighted by molar-refractivity contribution is 0.0939. The van der Waals surface area contributed by atoms with Gasteiger partial charge in [0, 0.05) is 43.2 Å². The number of piperidine rings is 1.